The Hall–Kier alpha value is -3.26. The van der Waals surface area contributed by atoms with Gasteiger partial charge in [-0.05, 0) is 43.9 Å². The van der Waals surface area contributed by atoms with Gasteiger partial charge in [0.05, 0.1) is 30.5 Å². The maximum atomic E-state index is 6.54. The van der Waals surface area contributed by atoms with Crippen molar-refractivity contribution in [3.05, 3.63) is 42.7 Å². The third-order valence-electron chi connectivity index (χ3n) is 6.62. The maximum absolute atomic E-state index is 6.54. The summed E-state index contributed by atoms with van der Waals surface area (Å²) in [4.78, 5) is 11.4. The SMILES string of the molecule is c1cc(NC2CCC(Oc3cc(N4CCOCC4)cc4nccnc34)CC2)c2c(c1)OCO2. The van der Waals surface area contributed by atoms with Gasteiger partial charge in [-0.15, -0.1) is 0 Å². The summed E-state index contributed by atoms with van der Waals surface area (Å²) < 4.78 is 23.2. The molecule has 3 aromatic rings. The summed E-state index contributed by atoms with van der Waals surface area (Å²) >= 11 is 0. The number of hydrogen-bond donors (Lipinski definition) is 1. The van der Waals surface area contributed by atoms with Crippen molar-refractivity contribution in [2.24, 2.45) is 0 Å². The molecule has 1 aromatic heterocycles. The average Bonchev–Trinajstić information content (AvgIpc) is 3.36. The average molecular weight is 449 g/mol. The molecular formula is C25H28N4O4. The van der Waals surface area contributed by atoms with E-state index in [4.69, 9.17) is 18.9 Å². The van der Waals surface area contributed by atoms with Gasteiger partial charge in [0.25, 0.3) is 0 Å². The molecule has 33 heavy (non-hydrogen) atoms. The summed E-state index contributed by atoms with van der Waals surface area (Å²) in [6.07, 6.45) is 7.65. The van der Waals surface area contributed by atoms with E-state index in [1.165, 1.54) is 0 Å². The molecule has 1 saturated carbocycles. The van der Waals surface area contributed by atoms with Gasteiger partial charge in [-0.2, -0.15) is 0 Å². The number of anilines is 2. The molecule has 1 saturated heterocycles. The molecule has 172 valence electrons. The van der Waals surface area contributed by atoms with Crippen LogP contribution in [0, 0.1) is 0 Å². The summed E-state index contributed by atoms with van der Waals surface area (Å²) in [5.41, 5.74) is 3.82. The molecular weight excluding hydrogens is 420 g/mol. The lowest BCUT2D eigenvalue weighted by Gasteiger charge is -2.32. The van der Waals surface area contributed by atoms with Crippen molar-refractivity contribution in [3.63, 3.8) is 0 Å². The molecule has 2 aliphatic heterocycles. The Bertz CT molecular complexity index is 1130. The van der Waals surface area contributed by atoms with Crippen LogP contribution in [0.2, 0.25) is 0 Å². The van der Waals surface area contributed by atoms with Crippen LogP contribution in [0.3, 0.4) is 0 Å². The van der Waals surface area contributed by atoms with Gasteiger partial charge in [0, 0.05) is 43.3 Å². The van der Waals surface area contributed by atoms with E-state index in [1.807, 2.05) is 12.1 Å². The molecule has 0 spiro atoms. The Labute approximate surface area is 192 Å². The third-order valence-corrected chi connectivity index (χ3v) is 6.62. The Morgan fingerprint density at radius 1 is 0.970 bits per heavy atom. The minimum Gasteiger partial charge on any atom is -0.488 e. The third kappa shape index (κ3) is 4.23. The lowest BCUT2D eigenvalue weighted by Crippen LogP contribution is -2.36. The van der Waals surface area contributed by atoms with Crippen LogP contribution >= 0.6 is 0 Å². The van der Waals surface area contributed by atoms with Gasteiger partial charge in [0.2, 0.25) is 6.79 Å². The van der Waals surface area contributed by atoms with Crippen LogP contribution in [0.15, 0.2) is 42.7 Å². The zero-order valence-electron chi connectivity index (χ0n) is 18.5. The van der Waals surface area contributed by atoms with E-state index < -0.39 is 0 Å². The first-order chi connectivity index (χ1) is 16.3. The molecule has 1 N–H and O–H groups in total. The van der Waals surface area contributed by atoms with E-state index in [1.54, 1.807) is 12.4 Å². The van der Waals surface area contributed by atoms with Crippen LogP contribution in [0.5, 0.6) is 17.2 Å². The molecule has 6 rings (SSSR count). The molecule has 2 aromatic carbocycles. The summed E-state index contributed by atoms with van der Waals surface area (Å²) in [5.74, 6) is 2.45. The van der Waals surface area contributed by atoms with Crippen molar-refractivity contribution in [2.75, 3.05) is 43.3 Å². The molecule has 8 heteroatoms. The molecule has 0 atom stereocenters. The molecule has 3 heterocycles. The first-order valence-corrected chi connectivity index (χ1v) is 11.7. The number of fused-ring (bicyclic) bond motifs is 2. The highest BCUT2D eigenvalue weighted by Crippen LogP contribution is 2.40. The highest BCUT2D eigenvalue weighted by atomic mass is 16.7. The van der Waals surface area contributed by atoms with E-state index in [0.29, 0.717) is 6.04 Å². The van der Waals surface area contributed by atoms with Gasteiger partial charge in [0.1, 0.15) is 11.3 Å². The van der Waals surface area contributed by atoms with Crippen LogP contribution in [-0.4, -0.2) is 55.2 Å². The largest absolute Gasteiger partial charge is 0.488 e. The number of morpholine rings is 1. The first-order valence-electron chi connectivity index (χ1n) is 11.7. The van der Waals surface area contributed by atoms with Crippen molar-refractivity contribution in [3.8, 4) is 17.2 Å². The fourth-order valence-corrected chi connectivity index (χ4v) is 4.89. The van der Waals surface area contributed by atoms with Crippen LogP contribution in [-0.2, 0) is 4.74 Å². The lowest BCUT2D eigenvalue weighted by molar-refractivity contribution is 0.122. The number of para-hydroxylation sites is 1. The van der Waals surface area contributed by atoms with Crippen molar-refractivity contribution >= 4 is 22.4 Å². The number of aromatic nitrogens is 2. The maximum Gasteiger partial charge on any atom is 0.231 e. The second-order valence-electron chi connectivity index (χ2n) is 8.74. The van der Waals surface area contributed by atoms with E-state index in [2.05, 4.69) is 38.4 Å². The molecule has 1 aliphatic carbocycles. The lowest BCUT2D eigenvalue weighted by atomic mass is 9.92. The van der Waals surface area contributed by atoms with Crippen molar-refractivity contribution in [1.29, 1.82) is 0 Å². The monoisotopic (exact) mass is 448 g/mol. The quantitative estimate of drug-likeness (QED) is 0.628. The van der Waals surface area contributed by atoms with Gasteiger partial charge in [-0.25, -0.2) is 4.98 Å². The summed E-state index contributed by atoms with van der Waals surface area (Å²) in [6, 6.07) is 10.6. The zero-order valence-corrected chi connectivity index (χ0v) is 18.5. The fourth-order valence-electron chi connectivity index (χ4n) is 4.89. The van der Waals surface area contributed by atoms with Crippen molar-refractivity contribution in [2.45, 2.75) is 37.8 Å². The van der Waals surface area contributed by atoms with Gasteiger partial charge >= 0.3 is 0 Å². The highest BCUT2D eigenvalue weighted by Gasteiger charge is 2.26. The van der Waals surface area contributed by atoms with Crippen molar-refractivity contribution in [1.82, 2.24) is 9.97 Å². The number of nitrogens with one attached hydrogen (secondary N) is 1. The van der Waals surface area contributed by atoms with Gasteiger partial charge < -0.3 is 29.2 Å². The van der Waals surface area contributed by atoms with Gasteiger partial charge in [-0.3, -0.25) is 4.98 Å². The molecule has 0 radical (unpaired) electrons. The molecule has 0 amide bonds. The van der Waals surface area contributed by atoms with Gasteiger partial charge in [0.15, 0.2) is 11.5 Å². The molecule has 3 aliphatic rings. The predicted octanol–water partition coefficient (Wildman–Crippen LogP) is 4.00. The van der Waals surface area contributed by atoms with Crippen molar-refractivity contribution < 1.29 is 18.9 Å². The van der Waals surface area contributed by atoms with Crippen LogP contribution in [0.4, 0.5) is 11.4 Å². The fraction of sp³-hybridized carbons (Fsp3) is 0.440. The number of nitrogens with zero attached hydrogens (tertiary/aromatic N) is 3. The second kappa shape index (κ2) is 8.94. The highest BCUT2D eigenvalue weighted by molar-refractivity contribution is 5.85. The Balaban J connectivity index is 1.15. The summed E-state index contributed by atoms with van der Waals surface area (Å²) in [5, 5.41) is 3.65. The Kier molecular flexibility index (Phi) is 5.51. The van der Waals surface area contributed by atoms with E-state index in [9.17, 15) is 0 Å². The number of benzene rings is 2. The smallest absolute Gasteiger partial charge is 0.231 e. The Morgan fingerprint density at radius 3 is 2.70 bits per heavy atom. The zero-order chi connectivity index (χ0) is 22.0. The summed E-state index contributed by atoms with van der Waals surface area (Å²) in [6.45, 7) is 3.52. The van der Waals surface area contributed by atoms with Crippen LogP contribution in [0.1, 0.15) is 25.7 Å². The van der Waals surface area contributed by atoms with Crippen LogP contribution in [0.25, 0.3) is 11.0 Å². The number of rotatable bonds is 5. The van der Waals surface area contributed by atoms with E-state index in [-0.39, 0.29) is 12.9 Å². The minimum absolute atomic E-state index is 0.161. The van der Waals surface area contributed by atoms with E-state index in [0.717, 1.165) is 91.6 Å². The normalized spacial score (nSPS) is 22.4. The topological polar surface area (TPSA) is 78.0 Å². The van der Waals surface area contributed by atoms with Gasteiger partial charge in [-0.1, -0.05) is 6.07 Å². The predicted molar refractivity (Wildman–Crippen MR) is 125 cm³/mol. The second-order valence-corrected chi connectivity index (χ2v) is 8.74. The minimum atomic E-state index is 0.161. The standard InChI is InChI=1S/C25H28N4O4/c1-2-20(25-22(3-1)31-16-32-25)28-17-4-6-19(7-5-17)33-23-15-18(29-10-12-30-13-11-29)14-21-24(23)27-9-8-26-21/h1-3,8-9,14-15,17,19,28H,4-7,10-13,16H2. The molecule has 0 unspecified atom stereocenters. The van der Waals surface area contributed by atoms with E-state index >= 15 is 0 Å². The van der Waals surface area contributed by atoms with Crippen LogP contribution < -0.4 is 24.4 Å². The molecule has 0 bridgehead atoms. The summed E-state index contributed by atoms with van der Waals surface area (Å²) in [7, 11) is 0. The number of hydrogen-bond acceptors (Lipinski definition) is 8. The molecule has 2 fully saturated rings. The number of ether oxygens (including phenoxy) is 4. The Morgan fingerprint density at radius 2 is 1.82 bits per heavy atom. The molecule has 8 nitrogen and oxygen atoms in total. The first kappa shape index (κ1) is 20.4.